The van der Waals surface area contributed by atoms with E-state index in [1.54, 1.807) is 36.3 Å². The molecule has 1 amide bonds. The lowest BCUT2D eigenvalue weighted by molar-refractivity contribution is -0.324. The number of hydrogen-bond donors (Lipinski definition) is 0. The van der Waals surface area contributed by atoms with Gasteiger partial charge in [0.1, 0.15) is 24.2 Å². The summed E-state index contributed by atoms with van der Waals surface area (Å²) >= 11 is 0. The van der Waals surface area contributed by atoms with Crippen molar-refractivity contribution in [3.63, 3.8) is 0 Å². The van der Waals surface area contributed by atoms with Gasteiger partial charge in [-0.3, -0.25) is 19.2 Å². The first-order valence-electron chi connectivity index (χ1n) is 28.4. The predicted molar refractivity (Wildman–Crippen MR) is 291 cm³/mol. The van der Waals surface area contributed by atoms with Crippen LogP contribution in [0.1, 0.15) is 219 Å². The molecule has 1 aliphatic heterocycles. The van der Waals surface area contributed by atoms with Crippen molar-refractivity contribution in [2.24, 2.45) is 0 Å². The summed E-state index contributed by atoms with van der Waals surface area (Å²) in [6.45, 7) is 8.40. The maximum Gasteiger partial charge on any atom is 0.303 e. The van der Waals surface area contributed by atoms with Crippen molar-refractivity contribution < 1.29 is 47.6 Å². The van der Waals surface area contributed by atoms with Gasteiger partial charge in [-0.15, -0.1) is 0 Å². The summed E-state index contributed by atoms with van der Waals surface area (Å²) in [5.74, 6) is -1.89. The molecule has 73 heavy (non-hydrogen) atoms. The van der Waals surface area contributed by atoms with Crippen LogP contribution in [-0.4, -0.2) is 79.1 Å². The standard InChI is InChI=1S/C62H93NO10/c1-7-9-11-13-15-17-18-19-20-21-22-23-25-27-29-37-47-63(57(67)42-36-28-26-24-16-14-12-10-8-2)62(58(52-38-32-30-33-39-52)53-40-34-31-35-41-53)61(72-51(5)66)60(71-50(4)65)59(70-49(3)64)56(73-62)48-69-55-45-43-54(68-6)44-46-55/h30-35,38-41,43-46,56,58-61H,7-29,36-37,42,47-48H2,1-6H3/t56-,59+,60+,61-,62-/m1/s1. The van der Waals surface area contributed by atoms with Crippen LogP contribution in [0.15, 0.2) is 84.9 Å². The third-order valence-electron chi connectivity index (χ3n) is 14.2. The van der Waals surface area contributed by atoms with Crippen molar-refractivity contribution >= 4 is 23.8 Å². The third-order valence-corrected chi connectivity index (χ3v) is 14.2. The summed E-state index contributed by atoms with van der Waals surface area (Å²) < 4.78 is 38.3. The Hall–Kier alpha value is -4.90. The quantitative estimate of drug-likeness (QED) is 0.0311. The monoisotopic (exact) mass is 1010 g/mol. The molecule has 3 aromatic carbocycles. The lowest BCUT2D eigenvalue weighted by Crippen LogP contribution is -2.76. The van der Waals surface area contributed by atoms with Gasteiger partial charge in [0.15, 0.2) is 24.0 Å². The van der Waals surface area contributed by atoms with Gasteiger partial charge in [-0.05, 0) is 48.2 Å². The molecule has 406 valence electrons. The van der Waals surface area contributed by atoms with Gasteiger partial charge in [-0.25, -0.2) is 0 Å². The Balaban J connectivity index is 1.77. The Labute approximate surface area is 440 Å². The lowest BCUT2D eigenvalue weighted by Gasteiger charge is -2.58. The number of nitrogens with zero attached hydrogens (tertiary/aromatic N) is 1. The fourth-order valence-corrected chi connectivity index (χ4v) is 10.6. The Bertz CT molecular complexity index is 1920. The molecule has 11 heteroatoms. The maximum absolute atomic E-state index is 15.6. The van der Waals surface area contributed by atoms with Crippen LogP contribution in [0, 0.1) is 0 Å². The van der Waals surface area contributed by atoms with Gasteiger partial charge >= 0.3 is 17.9 Å². The Morgan fingerprint density at radius 3 is 1.33 bits per heavy atom. The molecule has 3 aromatic rings. The second kappa shape index (κ2) is 35.3. The van der Waals surface area contributed by atoms with Gasteiger partial charge in [0.2, 0.25) is 5.91 Å². The molecular weight excluding hydrogens is 919 g/mol. The summed E-state index contributed by atoms with van der Waals surface area (Å²) in [5.41, 5.74) is -0.313. The van der Waals surface area contributed by atoms with Crippen LogP contribution < -0.4 is 9.47 Å². The number of benzene rings is 3. The average molecular weight is 1010 g/mol. The predicted octanol–water partition coefficient (Wildman–Crippen LogP) is 14.8. The highest BCUT2D eigenvalue weighted by Gasteiger charge is 2.66. The van der Waals surface area contributed by atoms with Crippen LogP contribution in [0.4, 0.5) is 0 Å². The number of esters is 3. The van der Waals surface area contributed by atoms with Gasteiger partial charge in [-0.1, -0.05) is 222 Å². The van der Waals surface area contributed by atoms with Crippen LogP contribution in [-0.2, 0) is 38.1 Å². The highest BCUT2D eigenvalue weighted by atomic mass is 16.7. The smallest absolute Gasteiger partial charge is 0.303 e. The van der Waals surface area contributed by atoms with E-state index >= 15 is 4.79 Å². The fourth-order valence-electron chi connectivity index (χ4n) is 10.6. The Morgan fingerprint density at radius 2 is 0.904 bits per heavy atom. The molecule has 5 atom stereocenters. The molecule has 0 aromatic heterocycles. The number of methoxy groups -OCH3 is 1. The van der Waals surface area contributed by atoms with E-state index < -0.39 is 54.0 Å². The zero-order chi connectivity index (χ0) is 52.5. The molecule has 0 aliphatic carbocycles. The molecule has 0 N–H and O–H groups in total. The average Bonchev–Trinajstić information content (AvgIpc) is 3.38. The number of carbonyl (C=O) groups excluding carboxylic acids is 4. The van der Waals surface area contributed by atoms with E-state index in [9.17, 15) is 14.4 Å². The van der Waals surface area contributed by atoms with Crippen LogP contribution in [0.2, 0.25) is 0 Å². The maximum atomic E-state index is 15.6. The van der Waals surface area contributed by atoms with E-state index in [0.717, 1.165) is 49.7 Å². The summed E-state index contributed by atoms with van der Waals surface area (Å²) in [7, 11) is 1.59. The van der Waals surface area contributed by atoms with Crippen molar-refractivity contribution in [3.05, 3.63) is 96.1 Å². The van der Waals surface area contributed by atoms with Gasteiger partial charge in [-0.2, -0.15) is 0 Å². The fraction of sp³-hybridized carbons (Fsp3) is 0.645. The highest BCUT2D eigenvalue weighted by molar-refractivity contribution is 5.78. The number of unbranched alkanes of at least 4 members (excludes halogenated alkanes) is 23. The molecular formula is C62H93NO10. The topological polar surface area (TPSA) is 127 Å². The molecule has 1 heterocycles. The third kappa shape index (κ3) is 21.1. The largest absolute Gasteiger partial charge is 0.497 e. The molecule has 0 bridgehead atoms. The molecule has 0 unspecified atom stereocenters. The minimum absolute atomic E-state index is 0.166. The zero-order valence-electron chi connectivity index (χ0n) is 45.8. The molecule has 4 rings (SSSR count). The van der Waals surface area contributed by atoms with Gasteiger partial charge in [0.25, 0.3) is 0 Å². The number of carbonyl (C=O) groups is 4. The SMILES string of the molecule is CCCCCCCCCCCCCCCCCCN(C(=O)CCCCCCCCCCC)[C@]1(C(c2ccccc2)c2ccccc2)O[C@H](COc2ccc(OC)cc2)[C@H](OC(C)=O)[C@H](OC(C)=O)[C@H]1OC(C)=O. The van der Waals surface area contributed by atoms with Crippen molar-refractivity contribution in [2.45, 2.75) is 238 Å². The number of amides is 1. The summed E-state index contributed by atoms with van der Waals surface area (Å²) in [4.78, 5) is 57.7. The molecule has 0 radical (unpaired) electrons. The van der Waals surface area contributed by atoms with Gasteiger partial charge in [0.05, 0.1) is 13.0 Å². The minimum Gasteiger partial charge on any atom is -0.497 e. The second-order valence-electron chi connectivity index (χ2n) is 20.3. The highest BCUT2D eigenvalue weighted by Crippen LogP contribution is 2.50. The summed E-state index contributed by atoms with van der Waals surface area (Å²) in [6, 6.07) is 26.6. The molecule has 1 fully saturated rings. The van der Waals surface area contributed by atoms with Crippen molar-refractivity contribution in [1.82, 2.24) is 4.90 Å². The first-order valence-corrected chi connectivity index (χ1v) is 28.4. The van der Waals surface area contributed by atoms with Crippen molar-refractivity contribution in [2.75, 3.05) is 20.3 Å². The van der Waals surface area contributed by atoms with Gasteiger partial charge < -0.3 is 33.3 Å². The number of rotatable bonds is 38. The molecule has 0 spiro atoms. The van der Waals surface area contributed by atoms with Crippen molar-refractivity contribution in [3.8, 4) is 11.5 Å². The minimum atomic E-state index is -1.87. The van der Waals surface area contributed by atoms with E-state index in [1.165, 1.54) is 130 Å². The van der Waals surface area contributed by atoms with Gasteiger partial charge in [0, 0.05) is 33.7 Å². The first-order chi connectivity index (χ1) is 35.5. The first kappa shape index (κ1) is 60.7. The molecule has 1 aliphatic rings. The van der Waals surface area contributed by atoms with Crippen LogP contribution in [0.5, 0.6) is 11.5 Å². The zero-order valence-corrected chi connectivity index (χ0v) is 45.8. The second-order valence-corrected chi connectivity index (χ2v) is 20.3. The van der Waals surface area contributed by atoms with Crippen LogP contribution in [0.25, 0.3) is 0 Å². The van der Waals surface area contributed by atoms with E-state index in [2.05, 4.69) is 13.8 Å². The normalized spacial score (nSPS) is 18.5. The van der Waals surface area contributed by atoms with E-state index in [1.807, 2.05) is 60.7 Å². The van der Waals surface area contributed by atoms with Crippen LogP contribution in [0.3, 0.4) is 0 Å². The Kier molecular flexibility index (Phi) is 29.4. The van der Waals surface area contributed by atoms with Crippen LogP contribution >= 0.6 is 0 Å². The molecule has 1 saturated heterocycles. The lowest BCUT2D eigenvalue weighted by atomic mass is 9.73. The number of hydrogen-bond acceptors (Lipinski definition) is 10. The number of ether oxygens (including phenoxy) is 6. The molecule has 11 nitrogen and oxygen atoms in total. The van der Waals surface area contributed by atoms with Crippen molar-refractivity contribution in [1.29, 1.82) is 0 Å². The Morgan fingerprint density at radius 1 is 0.507 bits per heavy atom. The van der Waals surface area contributed by atoms with E-state index in [-0.39, 0.29) is 25.5 Å². The van der Waals surface area contributed by atoms with E-state index in [0.29, 0.717) is 24.3 Å². The summed E-state index contributed by atoms with van der Waals surface area (Å²) in [6.07, 6.45) is 23.9. The molecule has 0 saturated carbocycles. The van der Waals surface area contributed by atoms with E-state index in [4.69, 9.17) is 28.4 Å². The summed E-state index contributed by atoms with van der Waals surface area (Å²) in [5, 5.41) is 0.